The molecule has 0 aromatic heterocycles. The molecule has 0 bridgehead atoms. The zero-order valence-electron chi connectivity index (χ0n) is 19.0. The molecule has 1 aromatic rings. The predicted octanol–water partition coefficient (Wildman–Crippen LogP) is 0.162. The van der Waals surface area contributed by atoms with Gasteiger partial charge in [-0.1, -0.05) is 26.2 Å². The number of benzene rings is 1. The van der Waals surface area contributed by atoms with Crippen molar-refractivity contribution in [1.82, 2.24) is 15.5 Å². The molecule has 1 aliphatic rings. The molecule has 10 nitrogen and oxygen atoms in total. The first-order valence-electron chi connectivity index (χ1n) is 11.3. The summed E-state index contributed by atoms with van der Waals surface area (Å²) >= 11 is 0. The fourth-order valence-corrected chi connectivity index (χ4v) is 3.77. The molecule has 1 saturated heterocycles. The van der Waals surface area contributed by atoms with E-state index in [1.807, 2.05) is 0 Å². The summed E-state index contributed by atoms with van der Waals surface area (Å²) < 4.78 is 0. The molecule has 33 heavy (non-hydrogen) atoms. The molecule has 6 N–H and O–H groups in total. The maximum atomic E-state index is 12.7. The maximum Gasteiger partial charge on any atom is 0.253 e. The Morgan fingerprint density at radius 2 is 1.39 bits per heavy atom. The molecule has 1 heterocycles. The third kappa shape index (κ3) is 7.58. The van der Waals surface area contributed by atoms with Gasteiger partial charge in [-0.15, -0.1) is 0 Å². The highest BCUT2D eigenvalue weighted by atomic mass is 16.2. The van der Waals surface area contributed by atoms with E-state index in [0.717, 1.165) is 25.7 Å². The fraction of sp³-hybridized carbons (Fsp3) is 0.522. The molecule has 0 spiro atoms. The lowest BCUT2D eigenvalue weighted by Crippen LogP contribution is -2.36. The van der Waals surface area contributed by atoms with Gasteiger partial charge >= 0.3 is 0 Å². The molecular weight excluding hydrogens is 426 g/mol. The van der Waals surface area contributed by atoms with Crippen LogP contribution in [0.1, 0.15) is 59.7 Å². The van der Waals surface area contributed by atoms with Crippen molar-refractivity contribution >= 4 is 29.5 Å². The van der Waals surface area contributed by atoms with Crippen LogP contribution in [0.5, 0.6) is 0 Å². The Labute approximate surface area is 193 Å². The molecule has 0 saturated carbocycles. The SMILES string of the molecule is CCCCCCC(=O)NCCNC(=O)c1ccc(C(=O)N2C[C@@H](C(N)=O)[C@H](C(N)=O)C2)cc1. The number of nitrogens with zero attached hydrogens (tertiary/aromatic N) is 1. The van der Waals surface area contributed by atoms with E-state index in [0.29, 0.717) is 24.1 Å². The van der Waals surface area contributed by atoms with Crippen LogP contribution in [0.25, 0.3) is 0 Å². The van der Waals surface area contributed by atoms with E-state index in [-0.39, 0.29) is 37.4 Å². The van der Waals surface area contributed by atoms with Crippen molar-refractivity contribution in [2.45, 2.75) is 39.0 Å². The predicted molar refractivity (Wildman–Crippen MR) is 122 cm³/mol. The second-order valence-electron chi connectivity index (χ2n) is 8.22. The molecule has 2 rings (SSSR count). The van der Waals surface area contributed by atoms with E-state index >= 15 is 0 Å². The van der Waals surface area contributed by atoms with E-state index in [1.165, 1.54) is 29.2 Å². The largest absolute Gasteiger partial charge is 0.369 e. The van der Waals surface area contributed by atoms with Crippen LogP contribution in [0.3, 0.4) is 0 Å². The van der Waals surface area contributed by atoms with Crippen LogP contribution in [0, 0.1) is 11.8 Å². The van der Waals surface area contributed by atoms with Crippen LogP contribution < -0.4 is 22.1 Å². The Morgan fingerprint density at radius 1 is 0.848 bits per heavy atom. The zero-order valence-corrected chi connectivity index (χ0v) is 19.0. The third-order valence-corrected chi connectivity index (χ3v) is 5.72. The number of nitrogens with one attached hydrogen (secondary N) is 2. The van der Waals surface area contributed by atoms with Crippen molar-refractivity contribution in [3.8, 4) is 0 Å². The molecule has 1 aromatic carbocycles. The number of likely N-dealkylation sites (tertiary alicyclic amines) is 1. The molecule has 5 amide bonds. The van der Waals surface area contributed by atoms with E-state index < -0.39 is 23.7 Å². The first-order valence-corrected chi connectivity index (χ1v) is 11.3. The molecule has 0 radical (unpaired) electrons. The highest BCUT2D eigenvalue weighted by Gasteiger charge is 2.41. The lowest BCUT2D eigenvalue weighted by molar-refractivity contribution is -0.129. The second kappa shape index (κ2) is 12.6. The number of nitrogens with two attached hydrogens (primary N) is 2. The highest BCUT2D eigenvalue weighted by molar-refractivity contribution is 5.99. The van der Waals surface area contributed by atoms with Gasteiger partial charge in [0.25, 0.3) is 11.8 Å². The van der Waals surface area contributed by atoms with E-state index in [9.17, 15) is 24.0 Å². The van der Waals surface area contributed by atoms with Crippen molar-refractivity contribution in [3.63, 3.8) is 0 Å². The standard InChI is InChI=1S/C23H33N5O5/c1-2-3-4-5-6-19(29)26-11-12-27-22(32)15-7-9-16(10-8-15)23(33)28-13-17(20(24)30)18(14-28)21(25)31/h7-10,17-18H,2-6,11-14H2,1H3,(H2,24,30)(H2,25,31)(H,26,29)(H,27,32)/t17-,18-/m1/s1. The number of hydrogen-bond donors (Lipinski definition) is 4. The lowest BCUT2D eigenvalue weighted by Gasteiger charge is -2.16. The first kappa shape index (κ1) is 25.8. The van der Waals surface area contributed by atoms with Crippen LogP contribution in [-0.4, -0.2) is 60.6 Å². The molecule has 1 aliphatic heterocycles. The smallest absolute Gasteiger partial charge is 0.253 e. The average Bonchev–Trinajstić information content (AvgIpc) is 3.25. The van der Waals surface area contributed by atoms with Gasteiger partial charge in [-0.3, -0.25) is 24.0 Å². The number of rotatable bonds is 12. The third-order valence-electron chi connectivity index (χ3n) is 5.72. The van der Waals surface area contributed by atoms with Crippen molar-refractivity contribution in [1.29, 1.82) is 0 Å². The van der Waals surface area contributed by atoms with Gasteiger partial charge < -0.3 is 27.0 Å². The number of hydrogen-bond acceptors (Lipinski definition) is 5. The minimum atomic E-state index is -0.812. The summed E-state index contributed by atoms with van der Waals surface area (Å²) in [5.41, 5.74) is 11.3. The Bertz CT molecular complexity index is 848. The number of carbonyl (C=O) groups is 5. The van der Waals surface area contributed by atoms with Crippen molar-refractivity contribution < 1.29 is 24.0 Å². The quantitative estimate of drug-likeness (QED) is 0.327. The first-order chi connectivity index (χ1) is 15.7. The molecule has 1 fully saturated rings. The Kier molecular flexibility index (Phi) is 9.84. The number of primary amides is 2. The topological polar surface area (TPSA) is 165 Å². The number of carbonyl (C=O) groups excluding carboxylic acids is 5. The minimum Gasteiger partial charge on any atom is -0.369 e. The molecule has 0 unspecified atom stereocenters. The van der Waals surface area contributed by atoms with Crippen LogP contribution in [-0.2, 0) is 14.4 Å². The molecule has 0 aliphatic carbocycles. The summed E-state index contributed by atoms with van der Waals surface area (Å²) in [4.78, 5) is 61.2. The Balaban J connectivity index is 1.80. The molecule has 180 valence electrons. The van der Waals surface area contributed by atoms with Crippen LogP contribution in [0.2, 0.25) is 0 Å². The van der Waals surface area contributed by atoms with Gasteiger partial charge in [-0.05, 0) is 30.7 Å². The lowest BCUT2D eigenvalue weighted by atomic mass is 9.95. The van der Waals surface area contributed by atoms with E-state index in [1.54, 1.807) is 0 Å². The van der Waals surface area contributed by atoms with Gasteiger partial charge in [0.2, 0.25) is 17.7 Å². The minimum absolute atomic E-state index is 0.0222. The van der Waals surface area contributed by atoms with Gasteiger partial charge in [0.1, 0.15) is 0 Å². The molecular formula is C23H33N5O5. The van der Waals surface area contributed by atoms with Crippen LogP contribution in [0.4, 0.5) is 0 Å². The summed E-state index contributed by atoms with van der Waals surface area (Å²) in [6, 6.07) is 6.04. The average molecular weight is 460 g/mol. The Hall–Kier alpha value is -3.43. The van der Waals surface area contributed by atoms with Crippen molar-refractivity contribution in [2.75, 3.05) is 26.2 Å². The van der Waals surface area contributed by atoms with Gasteiger partial charge in [-0.2, -0.15) is 0 Å². The number of unbranched alkanes of at least 4 members (excludes halogenated alkanes) is 3. The van der Waals surface area contributed by atoms with Crippen molar-refractivity contribution in [2.24, 2.45) is 23.3 Å². The van der Waals surface area contributed by atoms with Gasteiger partial charge in [-0.25, -0.2) is 0 Å². The van der Waals surface area contributed by atoms with Crippen LogP contribution >= 0.6 is 0 Å². The van der Waals surface area contributed by atoms with Gasteiger partial charge in [0.15, 0.2) is 0 Å². The normalized spacial score (nSPS) is 17.4. The van der Waals surface area contributed by atoms with Crippen LogP contribution in [0.15, 0.2) is 24.3 Å². The second-order valence-corrected chi connectivity index (χ2v) is 8.22. The maximum absolute atomic E-state index is 12.7. The molecule has 2 atom stereocenters. The van der Waals surface area contributed by atoms with Gasteiger partial charge in [0, 0.05) is 43.7 Å². The van der Waals surface area contributed by atoms with E-state index in [4.69, 9.17) is 11.5 Å². The van der Waals surface area contributed by atoms with Crippen molar-refractivity contribution in [3.05, 3.63) is 35.4 Å². The molecule has 10 heteroatoms. The summed E-state index contributed by atoms with van der Waals surface area (Å²) in [5, 5.41) is 5.49. The highest BCUT2D eigenvalue weighted by Crippen LogP contribution is 2.24. The summed E-state index contributed by atoms with van der Waals surface area (Å²) in [6.45, 7) is 2.79. The fourth-order valence-electron chi connectivity index (χ4n) is 3.77. The van der Waals surface area contributed by atoms with Gasteiger partial charge in [0.05, 0.1) is 11.8 Å². The number of amides is 5. The van der Waals surface area contributed by atoms with E-state index in [2.05, 4.69) is 17.6 Å². The summed E-state index contributed by atoms with van der Waals surface area (Å²) in [5.74, 6) is -3.69. The summed E-state index contributed by atoms with van der Waals surface area (Å²) in [6.07, 6.45) is 4.62. The zero-order chi connectivity index (χ0) is 24.4. The monoisotopic (exact) mass is 459 g/mol. The summed E-state index contributed by atoms with van der Waals surface area (Å²) in [7, 11) is 0. The Morgan fingerprint density at radius 3 is 1.94 bits per heavy atom.